The summed E-state index contributed by atoms with van der Waals surface area (Å²) in [4.78, 5) is 0. The summed E-state index contributed by atoms with van der Waals surface area (Å²) in [5.41, 5.74) is 1.03. The van der Waals surface area contributed by atoms with Crippen LogP contribution in [0.2, 0.25) is 0 Å². The van der Waals surface area contributed by atoms with Gasteiger partial charge in [-0.3, -0.25) is 5.10 Å². The van der Waals surface area contributed by atoms with Crippen LogP contribution in [-0.2, 0) is 4.74 Å². The monoisotopic (exact) mass is 269 g/mol. The molecule has 0 saturated carbocycles. The lowest BCUT2D eigenvalue weighted by molar-refractivity contribution is 0.210. The van der Waals surface area contributed by atoms with E-state index in [-0.39, 0.29) is 0 Å². The molecule has 0 aliphatic heterocycles. The van der Waals surface area contributed by atoms with Crippen molar-refractivity contribution in [3.63, 3.8) is 0 Å². The van der Waals surface area contributed by atoms with Crippen LogP contribution < -0.4 is 5.32 Å². The van der Waals surface area contributed by atoms with Gasteiger partial charge >= 0.3 is 0 Å². The number of rotatable bonds is 4. The van der Waals surface area contributed by atoms with Crippen molar-refractivity contribution in [2.45, 2.75) is 0 Å². The van der Waals surface area contributed by atoms with Crippen LogP contribution in [0.25, 0.3) is 10.9 Å². The van der Waals surface area contributed by atoms with E-state index in [9.17, 15) is 0 Å². The zero-order valence-corrected chi connectivity index (χ0v) is 9.97. The fourth-order valence-electron chi connectivity index (χ4n) is 1.39. The summed E-state index contributed by atoms with van der Waals surface area (Å²) in [6.07, 6.45) is 0. The standard InChI is InChI=1S/C10H12BrN3O/c1-15-5-4-12-10-8-6-7(11)2-3-9(8)13-14-10/h2-3,6H,4-5H2,1H3,(H2,12,13,14). The number of benzene rings is 1. The van der Waals surface area contributed by atoms with Gasteiger partial charge < -0.3 is 10.1 Å². The molecule has 0 radical (unpaired) electrons. The van der Waals surface area contributed by atoms with Gasteiger partial charge in [0.15, 0.2) is 5.82 Å². The first-order chi connectivity index (χ1) is 7.31. The molecule has 0 aliphatic carbocycles. The number of fused-ring (bicyclic) bond motifs is 1. The molecule has 0 bridgehead atoms. The molecular weight excluding hydrogens is 258 g/mol. The number of anilines is 1. The number of H-pyrrole nitrogens is 1. The summed E-state index contributed by atoms with van der Waals surface area (Å²) in [6, 6.07) is 6.02. The van der Waals surface area contributed by atoms with Crippen molar-refractivity contribution in [2.24, 2.45) is 0 Å². The molecule has 0 saturated heterocycles. The molecule has 1 aromatic carbocycles. The van der Waals surface area contributed by atoms with E-state index in [0.717, 1.165) is 27.7 Å². The Balaban J connectivity index is 2.23. The first kappa shape index (κ1) is 10.4. The Kier molecular flexibility index (Phi) is 3.23. The highest BCUT2D eigenvalue weighted by molar-refractivity contribution is 9.10. The molecule has 2 rings (SSSR count). The molecule has 80 valence electrons. The molecular formula is C10H12BrN3O. The maximum Gasteiger partial charge on any atom is 0.155 e. The van der Waals surface area contributed by atoms with E-state index in [4.69, 9.17) is 4.74 Å². The molecule has 0 unspecified atom stereocenters. The minimum Gasteiger partial charge on any atom is -0.383 e. The zero-order valence-electron chi connectivity index (χ0n) is 8.38. The molecule has 0 amide bonds. The van der Waals surface area contributed by atoms with Crippen LogP contribution in [0.5, 0.6) is 0 Å². The second-order valence-electron chi connectivity index (χ2n) is 3.18. The van der Waals surface area contributed by atoms with E-state index in [0.29, 0.717) is 6.61 Å². The molecule has 0 fully saturated rings. The number of ether oxygens (including phenoxy) is 1. The highest BCUT2D eigenvalue weighted by Gasteiger charge is 2.04. The van der Waals surface area contributed by atoms with E-state index in [1.165, 1.54) is 0 Å². The fraction of sp³-hybridized carbons (Fsp3) is 0.300. The number of aromatic nitrogens is 2. The van der Waals surface area contributed by atoms with Crippen LogP contribution in [0.1, 0.15) is 0 Å². The maximum absolute atomic E-state index is 4.97. The molecule has 15 heavy (non-hydrogen) atoms. The van der Waals surface area contributed by atoms with E-state index >= 15 is 0 Å². The Hall–Kier alpha value is -1.07. The Labute approximate surface area is 96.1 Å². The van der Waals surface area contributed by atoms with Crippen LogP contribution >= 0.6 is 15.9 Å². The third-order valence-electron chi connectivity index (χ3n) is 2.12. The predicted molar refractivity (Wildman–Crippen MR) is 64.2 cm³/mol. The van der Waals surface area contributed by atoms with E-state index < -0.39 is 0 Å². The van der Waals surface area contributed by atoms with Crippen molar-refractivity contribution >= 4 is 32.7 Å². The van der Waals surface area contributed by atoms with Gasteiger partial charge in [-0.25, -0.2) is 0 Å². The number of hydrogen-bond acceptors (Lipinski definition) is 3. The summed E-state index contributed by atoms with van der Waals surface area (Å²) >= 11 is 3.44. The highest BCUT2D eigenvalue weighted by Crippen LogP contribution is 2.23. The largest absolute Gasteiger partial charge is 0.383 e. The van der Waals surface area contributed by atoms with Crippen molar-refractivity contribution in [2.75, 3.05) is 25.6 Å². The van der Waals surface area contributed by atoms with Crippen LogP contribution in [0.15, 0.2) is 22.7 Å². The van der Waals surface area contributed by atoms with Crippen molar-refractivity contribution in [3.05, 3.63) is 22.7 Å². The van der Waals surface area contributed by atoms with Crippen LogP contribution in [0, 0.1) is 0 Å². The second kappa shape index (κ2) is 4.63. The number of halogens is 1. The number of nitrogens with zero attached hydrogens (tertiary/aromatic N) is 1. The zero-order chi connectivity index (χ0) is 10.7. The topological polar surface area (TPSA) is 49.9 Å². The molecule has 2 N–H and O–H groups in total. The number of hydrogen-bond donors (Lipinski definition) is 2. The average Bonchev–Trinajstić information content (AvgIpc) is 2.62. The molecule has 0 spiro atoms. The Morgan fingerprint density at radius 2 is 2.40 bits per heavy atom. The smallest absolute Gasteiger partial charge is 0.155 e. The molecule has 4 nitrogen and oxygen atoms in total. The molecule has 0 aliphatic rings. The number of aromatic amines is 1. The SMILES string of the molecule is COCCNc1n[nH]c2ccc(Br)cc12. The normalized spacial score (nSPS) is 10.8. The lowest BCUT2D eigenvalue weighted by atomic mass is 10.2. The number of nitrogens with one attached hydrogen (secondary N) is 2. The van der Waals surface area contributed by atoms with Gasteiger partial charge in [0, 0.05) is 23.5 Å². The molecule has 2 aromatic rings. The van der Waals surface area contributed by atoms with Gasteiger partial charge in [-0.1, -0.05) is 15.9 Å². The highest BCUT2D eigenvalue weighted by atomic mass is 79.9. The lowest BCUT2D eigenvalue weighted by Crippen LogP contribution is -2.07. The van der Waals surface area contributed by atoms with Gasteiger partial charge in [0.2, 0.25) is 0 Å². The average molecular weight is 270 g/mol. The predicted octanol–water partition coefficient (Wildman–Crippen LogP) is 2.38. The van der Waals surface area contributed by atoms with Crippen molar-refractivity contribution < 1.29 is 4.74 Å². The quantitative estimate of drug-likeness (QED) is 0.839. The van der Waals surface area contributed by atoms with Crippen LogP contribution in [-0.4, -0.2) is 30.5 Å². The van der Waals surface area contributed by atoms with E-state index in [2.05, 4.69) is 31.4 Å². The second-order valence-corrected chi connectivity index (χ2v) is 4.10. The summed E-state index contributed by atoms with van der Waals surface area (Å²) < 4.78 is 6.01. The third kappa shape index (κ3) is 2.30. The Bertz CT molecular complexity index is 455. The molecule has 1 heterocycles. The summed E-state index contributed by atoms with van der Waals surface area (Å²) in [7, 11) is 1.68. The minimum absolute atomic E-state index is 0.669. The van der Waals surface area contributed by atoms with Crippen molar-refractivity contribution in [1.29, 1.82) is 0 Å². The van der Waals surface area contributed by atoms with Crippen molar-refractivity contribution in [3.8, 4) is 0 Å². The molecule has 0 atom stereocenters. The Morgan fingerprint density at radius 3 is 3.20 bits per heavy atom. The first-order valence-electron chi connectivity index (χ1n) is 4.67. The summed E-state index contributed by atoms with van der Waals surface area (Å²) in [6.45, 7) is 1.42. The van der Waals surface area contributed by atoms with Gasteiger partial charge in [0.25, 0.3) is 0 Å². The van der Waals surface area contributed by atoms with E-state index in [1.807, 2.05) is 18.2 Å². The molecule has 1 aromatic heterocycles. The van der Waals surface area contributed by atoms with Gasteiger partial charge in [-0.05, 0) is 18.2 Å². The van der Waals surface area contributed by atoms with Gasteiger partial charge in [-0.15, -0.1) is 0 Å². The summed E-state index contributed by atoms with van der Waals surface area (Å²) in [5, 5.41) is 11.5. The number of methoxy groups -OCH3 is 1. The van der Waals surface area contributed by atoms with Gasteiger partial charge in [-0.2, -0.15) is 5.10 Å². The first-order valence-corrected chi connectivity index (χ1v) is 5.47. The Morgan fingerprint density at radius 1 is 1.53 bits per heavy atom. The van der Waals surface area contributed by atoms with Gasteiger partial charge in [0.1, 0.15) is 0 Å². The molecule has 5 heteroatoms. The third-order valence-corrected chi connectivity index (χ3v) is 2.62. The van der Waals surface area contributed by atoms with Crippen LogP contribution in [0.4, 0.5) is 5.82 Å². The van der Waals surface area contributed by atoms with Crippen molar-refractivity contribution in [1.82, 2.24) is 10.2 Å². The lowest BCUT2D eigenvalue weighted by Gasteiger charge is -2.01. The maximum atomic E-state index is 4.97. The van der Waals surface area contributed by atoms with E-state index in [1.54, 1.807) is 7.11 Å². The minimum atomic E-state index is 0.669. The van der Waals surface area contributed by atoms with Gasteiger partial charge in [0.05, 0.1) is 12.1 Å². The summed E-state index contributed by atoms with van der Waals surface area (Å²) in [5.74, 6) is 0.864. The fourth-order valence-corrected chi connectivity index (χ4v) is 1.75. The van der Waals surface area contributed by atoms with Crippen LogP contribution in [0.3, 0.4) is 0 Å².